The first-order chi connectivity index (χ1) is 8.81. The zero-order valence-electron chi connectivity index (χ0n) is 11.3. The van der Waals surface area contributed by atoms with Gasteiger partial charge >= 0.3 is 0 Å². The molecule has 0 aliphatic heterocycles. The summed E-state index contributed by atoms with van der Waals surface area (Å²) >= 11 is 2.38. The van der Waals surface area contributed by atoms with Gasteiger partial charge in [0, 0.05) is 11.0 Å². The van der Waals surface area contributed by atoms with Gasteiger partial charge in [-0.2, -0.15) is 0 Å². The fraction of sp³-hybridized carbons (Fsp3) is 0.600. The van der Waals surface area contributed by atoms with E-state index in [2.05, 4.69) is 41.6 Å². The Labute approximate surface area is 124 Å². The standard InChI is InChI=1S/C15H23IO2/c1-3-4-5-6-11-18-15(12-16)13-7-9-14(17-2)10-8-13/h7-10,15H,3-6,11-12H2,1-2H3. The molecule has 0 aromatic heterocycles. The average Bonchev–Trinajstić information content (AvgIpc) is 2.43. The Morgan fingerprint density at radius 3 is 2.39 bits per heavy atom. The Balaban J connectivity index is 2.39. The fourth-order valence-electron chi connectivity index (χ4n) is 1.80. The number of rotatable bonds is 9. The summed E-state index contributed by atoms with van der Waals surface area (Å²) in [4.78, 5) is 0. The third kappa shape index (κ3) is 5.57. The van der Waals surface area contributed by atoms with Crippen molar-refractivity contribution in [2.45, 2.75) is 38.7 Å². The van der Waals surface area contributed by atoms with E-state index in [1.807, 2.05) is 12.1 Å². The molecule has 0 fully saturated rings. The molecule has 1 unspecified atom stereocenters. The minimum atomic E-state index is 0.207. The molecule has 0 saturated heterocycles. The topological polar surface area (TPSA) is 18.5 Å². The molecule has 1 rings (SSSR count). The average molecular weight is 362 g/mol. The summed E-state index contributed by atoms with van der Waals surface area (Å²) in [6.07, 6.45) is 5.22. The molecule has 0 N–H and O–H groups in total. The van der Waals surface area contributed by atoms with Crippen molar-refractivity contribution >= 4 is 22.6 Å². The second kappa shape index (κ2) is 9.62. The number of halogens is 1. The first-order valence-corrected chi connectivity index (χ1v) is 8.15. The monoisotopic (exact) mass is 362 g/mol. The summed E-state index contributed by atoms with van der Waals surface area (Å²) in [6.45, 7) is 3.09. The van der Waals surface area contributed by atoms with Gasteiger partial charge in [-0.3, -0.25) is 0 Å². The van der Waals surface area contributed by atoms with Gasteiger partial charge in [0.25, 0.3) is 0 Å². The Morgan fingerprint density at radius 2 is 1.83 bits per heavy atom. The number of methoxy groups -OCH3 is 1. The van der Waals surface area contributed by atoms with Crippen molar-refractivity contribution in [2.75, 3.05) is 18.1 Å². The molecule has 0 amide bonds. The zero-order chi connectivity index (χ0) is 13.2. The van der Waals surface area contributed by atoms with E-state index in [1.54, 1.807) is 7.11 Å². The van der Waals surface area contributed by atoms with Gasteiger partial charge in [-0.15, -0.1) is 0 Å². The summed E-state index contributed by atoms with van der Waals surface area (Å²) in [5, 5.41) is 0. The van der Waals surface area contributed by atoms with Crippen LogP contribution in [0.5, 0.6) is 5.75 Å². The Bertz CT molecular complexity index is 311. The first-order valence-electron chi connectivity index (χ1n) is 6.63. The van der Waals surface area contributed by atoms with Crippen molar-refractivity contribution < 1.29 is 9.47 Å². The summed E-state index contributed by atoms with van der Waals surface area (Å²) < 4.78 is 12.1. The first kappa shape index (κ1) is 15.8. The number of hydrogen-bond donors (Lipinski definition) is 0. The molecule has 1 atom stereocenters. The van der Waals surface area contributed by atoms with Crippen LogP contribution in [0.25, 0.3) is 0 Å². The third-order valence-electron chi connectivity index (χ3n) is 2.94. The number of benzene rings is 1. The van der Waals surface area contributed by atoms with Crippen LogP contribution < -0.4 is 4.74 Å². The Morgan fingerprint density at radius 1 is 1.11 bits per heavy atom. The third-order valence-corrected chi connectivity index (χ3v) is 3.74. The lowest BCUT2D eigenvalue weighted by Crippen LogP contribution is -2.07. The van der Waals surface area contributed by atoms with Crippen molar-refractivity contribution in [1.82, 2.24) is 0 Å². The lowest BCUT2D eigenvalue weighted by atomic mass is 10.1. The van der Waals surface area contributed by atoms with Crippen molar-refractivity contribution in [3.63, 3.8) is 0 Å². The van der Waals surface area contributed by atoms with Crippen LogP contribution in [0.1, 0.15) is 44.3 Å². The van der Waals surface area contributed by atoms with E-state index in [0.717, 1.165) is 23.2 Å². The fourth-order valence-corrected chi connectivity index (χ4v) is 2.57. The summed E-state index contributed by atoms with van der Waals surface area (Å²) in [5.74, 6) is 0.897. The number of unbranched alkanes of at least 4 members (excludes halogenated alkanes) is 3. The lowest BCUT2D eigenvalue weighted by Gasteiger charge is -2.16. The van der Waals surface area contributed by atoms with Crippen molar-refractivity contribution in [2.24, 2.45) is 0 Å². The predicted molar refractivity (Wildman–Crippen MR) is 84.7 cm³/mol. The molecule has 3 heteroatoms. The van der Waals surface area contributed by atoms with E-state index >= 15 is 0 Å². The second-order valence-corrected chi connectivity index (χ2v) is 5.23. The second-order valence-electron chi connectivity index (χ2n) is 4.35. The Kier molecular flexibility index (Phi) is 8.42. The van der Waals surface area contributed by atoms with E-state index in [1.165, 1.54) is 24.8 Å². The molecule has 0 saturated carbocycles. The molecule has 1 aromatic rings. The number of ether oxygens (including phenoxy) is 2. The SMILES string of the molecule is CCCCCCOC(CI)c1ccc(OC)cc1. The summed E-state index contributed by atoms with van der Waals surface area (Å²) in [7, 11) is 1.69. The molecule has 0 heterocycles. The minimum Gasteiger partial charge on any atom is -0.497 e. The van der Waals surface area contributed by atoms with Crippen molar-refractivity contribution in [3.05, 3.63) is 29.8 Å². The molecule has 0 aliphatic rings. The Hall–Kier alpha value is -0.290. The van der Waals surface area contributed by atoms with Crippen LogP contribution in [-0.2, 0) is 4.74 Å². The van der Waals surface area contributed by atoms with Crippen LogP contribution in [0, 0.1) is 0 Å². The van der Waals surface area contributed by atoms with Crippen LogP contribution in [0.3, 0.4) is 0 Å². The quantitative estimate of drug-likeness (QED) is 0.358. The van der Waals surface area contributed by atoms with Crippen LogP contribution in [0.4, 0.5) is 0 Å². The van der Waals surface area contributed by atoms with Gasteiger partial charge in [0.05, 0.1) is 13.2 Å². The molecule has 2 nitrogen and oxygen atoms in total. The van der Waals surface area contributed by atoms with Crippen molar-refractivity contribution in [1.29, 1.82) is 0 Å². The smallest absolute Gasteiger partial charge is 0.118 e. The molecule has 18 heavy (non-hydrogen) atoms. The van der Waals surface area contributed by atoms with E-state index < -0.39 is 0 Å². The maximum absolute atomic E-state index is 5.95. The van der Waals surface area contributed by atoms with E-state index in [4.69, 9.17) is 9.47 Å². The number of hydrogen-bond acceptors (Lipinski definition) is 2. The molecule has 0 aliphatic carbocycles. The molecule has 0 spiro atoms. The van der Waals surface area contributed by atoms with Crippen molar-refractivity contribution in [3.8, 4) is 5.75 Å². The highest BCUT2D eigenvalue weighted by Gasteiger charge is 2.10. The number of alkyl halides is 1. The summed E-state index contributed by atoms with van der Waals surface area (Å²) in [5.41, 5.74) is 1.24. The highest BCUT2D eigenvalue weighted by Crippen LogP contribution is 2.23. The molecular formula is C15H23IO2. The van der Waals surface area contributed by atoms with Crippen LogP contribution in [-0.4, -0.2) is 18.1 Å². The maximum Gasteiger partial charge on any atom is 0.118 e. The van der Waals surface area contributed by atoms with E-state index in [9.17, 15) is 0 Å². The van der Waals surface area contributed by atoms with Gasteiger partial charge in [0.15, 0.2) is 0 Å². The summed E-state index contributed by atoms with van der Waals surface area (Å²) in [6, 6.07) is 8.17. The largest absolute Gasteiger partial charge is 0.497 e. The maximum atomic E-state index is 5.95. The van der Waals surface area contributed by atoms with Gasteiger partial charge in [-0.1, -0.05) is 60.9 Å². The minimum absolute atomic E-state index is 0.207. The van der Waals surface area contributed by atoms with Gasteiger partial charge in [0.1, 0.15) is 5.75 Å². The van der Waals surface area contributed by atoms with Crippen LogP contribution in [0.15, 0.2) is 24.3 Å². The highest BCUT2D eigenvalue weighted by molar-refractivity contribution is 14.1. The predicted octanol–water partition coefficient (Wildman–Crippen LogP) is 4.77. The van der Waals surface area contributed by atoms with E-state index in [-0.39, 0.29) is 6.10 Å². The zero-order valence-corrected chi connectivity index (χ0v) is 13.5. The van der Waals surface area contributed by atoms with Gasteiger partial charge in [-0.25, -0.2) is 0 Å². The lowest BCUT2D eigenvalue weighted by molar-refractivity contribution is 0.0679. The van der Waals surface area contributed by atoms with E-state index in [0.29, 0.717) is 0 Å². The highest BCUT2D eigenvalue weighted by atomic mass is 127. The van der Waals surface area contributed by atoms with Crippen LogP contribution >= 0.6 is 22.6 Å². The molecule has 1 aromatic carbocycles. The molecular weight excluding hydrogens is 339 g/mol. The van der Waals surface area contributed by atoms with Gasteiger partial charge in [-0.05, 0) is 24.1 Å². The van der Waals surface area contributed by atoms with Gasteiger partial charge in [0.2, 0.25) is 0 Å². The molecule has 0 radical (unpaired) electrons. The molecule has 102 valence electrons. The van der Waals surface area contributed by atoms with Gasteiger partial charge < -0.3 is 9.47 Å². The normalized spacial score (nSPS) is 12.4. The molecule has 0 bridgehead atoms. The van der Waals surface area contributed by atoms with Crippen LogP contribution in [0.2, 0.25) is 0 Å².